The van der Waals surface area contributed by atoms with E-state index in [-0.39, 0.29) is 5.78 Å². The van der Waals surface area contributed by atoms with Crippen LogP contribution in [0, 0.1) is 12.8 Å². The summed E-state index contributed by atoms with van der Waals surface area (Å²) in [6.45, 7) is 6.93. The Labute approximate surface area is 110 Å². The van der Waals surface area contributed by atoms with Crippen LogP contribution in [-0.2, 0) is 0 Å². The third-order valence-corrected chi connectivity index (χ3v) is 3.46. The number of Topliss-reactive ketones (excluding diaryl/α,β-unsaturated/α-hetero) is 1. The molecule has 1 fully saturated rings. The summed E-state index contributed by atoms with van der Waals surface area (Å²) in [5.74, 6) is 1.11. The summed E-state index contributed by atoms with van der Waals surface area (Å²) in [6.07, 6.45) is 3.81. The Morgan fingerprint density at radius 2 is 2.17 bits per heavy atom. The van der Waals surface area contributed by atoms with Crippen molar-refractivity contribution in [3.8, 4) is 0 Å². The molecule has 0 spiro atoms. The highest BCUT2D eigenvalue weighted by molar-refractivity contribution is 5.97. The lowest BCUT2D eigenvalue weighted by Crippen LogP contribution is -2.32. The predicted octanol–water partition coefficient (Wildman–Crippen LogP) is 3.30. The molecule has 1 aromatic rings. The van der Waals surface area contributed by atoms with Gasteiger partial charge in [0.05, 0.1) is 6.54 Å². The van der Waals surface area contributed by atoms with Crippen molar-refractivity contribution in [1.82, 2.24) is 4.90 Å². The molecule has 2 nitrogen and oxygen atoms in total. The first kappa shape index (κ1) is 13.3. The van der Waals surface area contributed by atoms with E-state index in [2.05, 4.69) is 11.8 Å². The van der Waals surface area contributed by atoms with E-state index in [0.29, 0.717) is 6.54 Å². The minimum Gasteiger partial charge on any atom is -0.296 e. The summed E-state index contributed by atoms with van der Waals surface area (Å²) in [4.78, 5) is 14.6. The Balaban J connectivity index is 1.94. The lowest BCUT2D eigenvalue weighted by molar-refractivity contribution is 0.0927. The first-order chi connectivity index (χ1) is 8.69. The van der Waals surface area contributed by atoms with Crippen molar-refractivity contribution in [2.24, 2.45) is 5.92 Å². The van der Waals surface area contributed by atoms with Crippen LogP contribution >= 0.6 is 0 Å². The molecular formula is C16H23NO. The molecular weight excluding hydrogens is 222 g/mol. The molecule has 0 aromatic heterocycles. The van der Waals surface area contributed by atoms with Crippen LogP contribution in [0.15, 0.2) is 24.3 Å². The Kier molecular flexibility index (Phi) is 4.54. The average molecular weight is 245 g/mol. The first-order valence-corrected chi connectivity index (χ1v) is 7.01. The van der Waals surface area contributed by atoms with E-state index in [9.17, 15) is 4.79 Å². The summed E-state index contributed by atoms with van der Waals surface area (Å²) < 4.78 is 0. The minimum atomic E-state index is 0.257. The van der Waals surface area contributed by atoms with Crippen molar-refractivity contribution in [3.63, 3.8) is 0 Å². The predicted molar refractivity (Wildman–Crippen MR) is 75.0 cm³/mol. The molecule has 1 aromatic carbocycles. The van der Waals surface area contributed by atoms with Crippen LogP contribution in [0.2, 0.25) is 0 Å². The molecule has 98 valence electrons. The van der Waals surface area contributed by atoms with E-state index in [0.717, 1.165) is 36.6 Å². The zero-order valence-electron chi connectivity index (χ0n) is 11.5. The molecule has 0 heterocycles. The Bertz CT molecular complexity index is 409. The molecule has 0 radical (unpaired) electrons. The van der Waals surface area contributed by atoms with Gasteiger partial charge in [-0.1, -0.05) is 30.7 Å². The Morgan fingerprint density at radius 1 is 1.39 bits per heavy atom. The summed E-state index contributed by atoms with van der Waals surface area (Å²) in [6, 6.07) is 7.92. The molecule has 1 aliphatic rings. The summed E-state index contributed by atoms with van der Waals surface area (Å²) in [5.41, 5.74) is 2.01. The first-order valence-electron chi connectivity index (χ1n) is 7.01. The normalized spacial score (nSPS) is 15.1. The van der Waals surface area contributed by atoms with Gasteiger partial charge in [-0.25, -0.2) is 0 Å². The second-order valence-electron chi connectivity index (χ2n) is 5.47. The fourth-order valence-electron chi connectivity index (χ4n) is 2.33. The third-order valence-electron chi connectivity index (χ3n) is 3.46. The van der Waals surface area contributed by atoms with E-state index in [1.165, 1.54) is 12.8 Å². The van der Waals surface area contributed by atoms with Crippen molar-refractivity contribution < 1.29 is 4.79 Å². The van der Waals surface area contributed by atoms with Crippen molar-refractivity contribution in [2.75, 3.05) is 19.6 Å². The largest absolute Gasteiger partial charge is 0.296 e. The van der Waals surface area contributed by atoms with Crippen LogP contribution in [0.3, 0.4) is 0 Å². The number of ketones is 1. The van der Waals surface area contributed by atoms with Crippen molar-refractivity contribution in [3.05, 3.63) is 35.4 Å². The van der Waals surface area contributed by atoms with E-state index in [1.54, 1.807) is 0 Å². The monoisotopic (exact) mass is 245 g/mol. The van der Waals surface area contributed by atoms with Crippen molar-refractivity contribution in [2.45, 2.75) is 33.1 Å². The lowest BCUT2D eigenvalue weighted by Gasteiger charge is -2.20. The zero-order valence-corrected chi connectivity index (χ0v) is 11.5. The van der Waals surface area contributed by atoms with Gasteiger partial charge < -0.3 is 0 Å². The highest BCUT2D eigenvalue weighted by atomic mass is 16.1. The van der Waals surface area contributed by atoms with Gasteiger partial charge in [0.15, 0.2) is 5.78 Å². The van der Waals surface area contributed by atoms with Crippen molar-refractivity contribution in [1.29, 1.82) is 0 Å². The lowest BCUT2D eigenvalue weighted by atomic mass is 10.1. The van der Waals surface area contributed by atoms with Gasteiger partial charge in [0.25, 0.3) is 0 Å². The van der Waals surface area contributed by atoms with Crippen LogP contribution in [-0.4, -0.2) is 30.3 Å². The smallest absolute Gasteiger partial charge is 0.176 e. The average Bonchev–Trinajstić information content (AvgIpc) is 3.13. The molecule has 1 aliphatic carbocycles. The SMILES string of the molecule is CCCN(CC(=O)c1cccc(C)c1)CC1CC1. The van der Waals surface area contributed by atoms with E-state index in [1.807, 2.05) is 31.2 Å². The molecule has 1 saturated carbocycles. The van der Waals surface area contributed by atoms with Crippen molar-refractivity contribution >= 4 is 5.78 Å². The number of benzene rings is 1. The quantitative estimate of drug-likeness (QED) is 0.687. The molecule has 0 aliphatic heterocycles. The summed E-state index contributed by atoms with van der Waals surface area (Å²) in [5, 5.41) is 0. The molecule has 0 atom stereocenters. The zero-order chi connectivity index (χ0) is 13.0. The minimum absolute atomic E-state index is 0.257. The fraction of sp³-hybridized carbons (Fsp3) is 0.562. The highest BCUT2D eigenvalue weighted by Gasteiger charge is 2.25. The fourth-order valence-corrected chi connectivity index (χ4v) is 2.33. The molecule has 0 bridgehead atoms. The number of rotatable bonds is 7. The van der Waals surface area contributed by atoms with Gasteiger partial charge in [0, 0.05) is 12.1 Å². The van der Waals surface area contributed by atoms with E-state index >= 15 is 0 Å². The number of hydrogen-bond donors (Lipinski definition) is 0. The van der Waals surface area contributed by atoms with Crippen LogP contribution in [0.4, 0.5) is 0 Å². The molecule has 18 heavy (non-hydrogen) atoms. The number of nitrogens with zero attached hydrogens (tertiary/aromatic N) is 1. The van der Waals surface area contributed by atoms with Crippen LogP contribution in [0.5, 0.6) is 0 Å². The summed E-state index contributed by atoms with van der Waals surface area (Å²) >= 11 is 0. The Hall–Kier alpha value is -1.15. The maximum atomic E-state index is 12.2. The third kappa shape index (κ3) is 3.95. The highest BCUT2D eigenvalue weighted by Crippen LogP contribution is 2.29. The number of hydrogen-bond acceptors (Lipinski definition) is 2. The second kappa shape index (κ2) is 6.14. The topological polar surface area (TPSA) is 20.3 Å². The molecule has 0 unspecified atom stereocenters. The van der Waals surface area contributed by atoms with Gasteiger partial charge >= 0.3 is 0 Å². The maximum absolute atomic E-state index is 12.2. The standard InChI is InChI=1S/C16H23NO/c1-3-9-17(11-14-7-8-14)12-16(18)15-6-4-5-13(2)10-15/h4-6,10,14H,3,7-9,11-12H2,1-2H3. The van der Waals surface area contributed by atoms with Crippen LogP contribution in [0.1, 0.15) is 42.1 Å². The van der Waals surface area contributed by atoms with Gasteiger partial charge in [-0.05, 0) is 44.7 Å². The number of carbonyl (C=O) groups excluding carboxylic acids is 1. The molecule has 0 amide bonds. The molecule has 0 N–H and O–H groups in total. The van der Waals surface area contributed by atoms with E-state index in [4.69, 9.17) is 0 Å². The molecule has 2 heteroatoms. The second-order valence-corrected chi connectivity index (χ2v) is 5.47. The van der Waals surface area contributed by atoms with E-state index < -0.39 is 0 Å². The number of aryl methyl sites for hydroxylation is 1. The van der Waals surface area contributed by atoms with Gasteiger partial charge in [-0.15, -0.1) is 0 Å². The van der Waals surface area contributed by atoms with Crippen LogP contribution in [0.25, 0.3) is 0 Å². The Morgan fingerprint density at radius 3 is 2.78 bits per heavy atom. The maximum Gasteiger partial charge on any atom is 0.176 e. The summed E-state index contributed by atoms with van der Waals surface area (Å²) in [7, 11) is 0. The van der Waals surface area contributed by atoms with Crippen LogP contribution < -0.4 is 0 Å². The van der Waals surface area contributed by atoms with Gasteiger partial charge in [-0.3, -0.25) is 9.69 Å². The number of carbonyl (C=O) groups is 1. The molecule has 0 saturated heterocycles. The van der Waals surface area contributed by atoms with Gasteiger partial charge in [-0.2, -0.15) is 0 Å². The van der Waals surface area contributed by atoms with Gasteiger partial charge in [0.1, 0.15) is 0 Å². The molecule has 2 rings (SSSR count). The van der Waals surface area contributed by atoms with Gasteiger partial charge in [0.2, 0.25) is 0 Å².